The molecule has 1 aromatic heterocycles. The number of amides is 1. The van der Waals surface area contributed by atoms with E-state index in [2.05, 4.69) is 4.98 Å². The van der Waals surface area contributed by atoms with Crippen molar-refractivity contribution in [2.24, 2.45) is 5.92 Å². The fourth-order valence-electron chi connectivity index (χ4n) is 3.23. The van der Waals surface area contributed by atoms with Gasteiger partial charge in [-0.3, -0.25) is 19.1 Å². The molecule has 0 saturated heterocycles. The zero-order valence-corrected chi connectivity index (χ0v) is 19.8. The number of nitrogens with two attached hydrogens (primary N) is 1. The van der Waals surface area contributed by atoms with Crippen molar-refractivity contribution in [3.8, 4) is 0 Å². The number of rotatable bonds is 8. The van der Waals surface area contributed by atoms with Crippen LogP contribution in [0.2, 0.25) is 5.02 Å². The van der Waals surface area contributed by atoms with E-state index in [1.807, 2.05) is 44.2 Å². The molecule has 7 nitrogen and oxygen atoms in total. The minimum Gasteiger partial charge on any atom is -0.383 e. The van der Waals surface area contributed by atoms with Gasteiger partial charge in [0, 0.05) is 11.4 Å². The van der Waals surface area contributed by atoms with Crippen molar-refractivity contribution in [2.75, 3.05) is 22.9 Å². The van der Waals surface area contributed by atoms with Gasteiger partial charge in [-0.1, -0.05) is 55.8 Å². The van der Waals surface area contributed by atoms with Crippen LogP contribution in [0.5, 0.6) is 0 Å². The molecule has 3 N–H and O–H groups in total. The Bertz CT molecular complexity index is 1260. The lowest BCUT2D eigenvalue weighted by molar-refractivity contribution is -0.116. The summed E-state index contributed by atoms with van der Waals surface area (Å²) in [6, 6.07) is 13.4. The highest BCUT2D eigenvalue weighted by atomic mass is 35.5. The van der Waals surface area contributed by atoms with Gasteiger partial charge in [0.1, 0.15) is 11.6 Å². The third kappa shape index (κ3) is 6.06. The Kier molecular flexibility index (Phi) is 7.99. The van der Waals surface area contributed by atoms with Crippen LogP contribution in [0.4, 0.5) is 15.9 Å². The van der Waals surface area contributed by atoms with Gasteiger partial charge in [0.15, 0.2) is 5.69 Å². The highest BCUT2D eigenvalue weighted by Gasteiger charge is 2.25. The fourth-order valence-corrected chi connectivity index (χ4v) is 4.29. The molecular weight excluding hydrogens is 467 g/mol. The number of hydrogen-bond donors (Lipinski definition) is 2. The standard InChI is InChI=1S/C23H24ClFN4O3S/c1-14(2)11-28(19(30)13-33-16-8-9-18(25)17(24)10-16)20-21(26)29(23(32)27-22(20)31)12-15-6-4-3-5-7-15/h3-10,14H,11-13,26H2,1-2H3,(H,27,31,32). The summed E-state index contributed by atoms with van der Waals surface area (Å²) in [5.74, 6) is -1.03. The minimum absolute atomic E-state index is 0.0208. The first-order valence-corrected chi connectivity index (χ1v) is 11.6. The Morgan fingerprint density at radius 2 is 1.91 bits per heavy atom. The topological polar surface area (TPSA) is 101 Å². The number of carbonyl (C=O) groups is 1. The van der Waals surface area contributed by atoms with E-state index < -0.39 is 17.1 Å². The van der Waals surface area contributed by atoms with E-state index in [-0.39, 0.29) is 47.2 Å². The molecule has 0 fully saturated rings. The predicted octanol–water partition coefficient (Wildman–Crippen LogP) is 3.74. The molecule has 3 aromatic rings. The predicted molar refractivity (Wildman–Crippen MR) is 131 cm³/mol. The van der Waals surface area contributed by atoms with Crippen LogP contribution in [0.3, 0.4) is 0 Å². The first-order valence-electron chi connectivity index (χ1n) is 10.2. The number of nitrogens with zero attached hydrogens (tertiary/aromatic N) is 2. The third-order valence-electron chi connectivity index (χ3n) is 4.77. The van der Waals surface area contributed by atoms with E-state index >= 15 is 0 Å². The van der Waals surface area contributed by atoms with Crippen molar-refractivity contribution in [3.05, 3.63) is 85.8 Å². The summed E-state index contributed by atoms with van der Waals surface area (Å²) in [5.41, 5.74) is 5.64. The average Bonchev–Trinajstić information content (AvgIpc) is 2.77. The van der Waals surface area contributed by atoms with Gasteiger partial charge in [-0.25, -0.2) is 9.18 Å². The number of benzene rings is 2. The molecule has 0 aliphatic heterocycles. The smallest absolute Gasteiger partial charge is 0.330 e. The summed E-state index contributed by atoms with van der Waals surface area (Å²) in [6.07, 6.45) is 0. The number of H-pyrrole nitrogens is 1. The van der Waals surface area contributed by atoms with Crippen LogP contribution >= 0.6 is 23.4 Å². The van der Waals surface area contributed by atoms with Gasteiger partial charge in [0.25, 0.3) is 5.56 Å². The molecule has 10 heteroatoms. The molecule has 0 aliphatic rings. The van der Waals surface area contributed by atoms with Gasteiger partial charge in [-0.2, -0.15) is 0 Å². The van der Waals surface area contributed by atoms with Crippen LogP contribution in [-0.2, 0) is 11.3 Å². The van der Waals surface area contributed by atoms with Gasteiger partial charge >= 0.3 is 5.69 Å². The molecule has 0 bridgehead atoms. The van der Waals surface area contributed by atoms with Crippen molar-refractivity contribution in [3.63, 3.8) is 0 Å². The maximum Gasteiger partial charge on any atom is 0.330 e. The molecule has 0 atom stereocenters. The number of anilines is 2. The van der Waals surface area contributed by atoms with E-state index in [0.29, 0.717) is 4.90 Å². The summed E-state index contributed by atoms with van der Waals surface area (Å²) in [4.78, 5) is 42.6. The quantitative estimate of drug-likeness (QED) is 0.468. The number of thioether (sulfide) groups is 1. The van der Waals surface area contributed by atoms with E-state index in [9.17, 15) is 18.8 Å². The van der Waals surface area contributed by atoms with Gasteiger partial charge in [-0.05, 0) is 29.7 Å². The number of nitrogen functional groups attached to an aromatic ring is 1. The lowest BCUT2D eigenvalue weighted by atomic mass is 10.2. The first kappa shape index (κ1) is 24.6. The average molecular weight is 491 g/mol. The zero-order valence-electron chi connectivity index (χ0n) is 18.2. The number of nitrogens with one attached hydrogen (secondary N) is 1. The molecule has 33 heavy (non-hydrogen) atoms. The van der Waals surface area contributed by atoms with Crippen molar-refractivity contribution < 1.29 is 9.18 Å². The molecule has 3 rings (SSSR count). The zero-order chi connectivity index (χ0) is 24.1. The monoisotopic (exact) mass is 490 g/mol. The molecule has 1 amide bonds. The molecule has 2 aromatic carbocycles. The summed E-state index contributed by atoms with van der Waals surface area (Å²) in [7, 11) is 0. The normalized spacial score (nSPS) is 11.1. The van der Waals surface area contributed by atoms with Crippen molar-refractivity contribution >= 4 is 40.8 Å². The van der Waals surface area contributed by atoms with Gasteiger partial charge in [0.2, 0.25) is 5.91 Å². The second-order valence-corrected chi connectivity index (χ2v) is 9.28. The molecule has 0 spiro atoms. The summed E-state index contributed by atoms with van der Waals surface area (Å²) in [6.45, 7) is 4.16. The van der Waals surface area contributed by atoms with Crippen LogP contribution in [-0.4, -0.2) is 27.8 Å². The van der Waals surface area contributed by atoms with Crippen molar-refractivity contribution in [1.82, 2.24) is 9.55 Å². The maximum atomic E-state index is 13.4. The SMILES string of the molecule is CC(C)CN(C(=O)CSc1ccc(F)c(Cl)c1)c1c(N)n(Cc2ccccc2)c(=O)[nH]c1=O. The van der Waals surface area contributed by atoms with Crippen molar-refractivity contribution in [2.45, 2.75) is 25.3 Å². The second kappa shape index (κ2) is 10.7. The molecular formula is C23H24ClFN4O3S. The molecule has 0 radical (unpaired) electrons. The molecule has 1 heterocycles. The second-order valence-electron chi connectivity index (χ2n) is 7.83. The summed E-state index contributed by atoms with van der Waals surface area (Å²) >= 11 is 6.98. The third-order valence-corrected chi connectivity index (χ3v) is 6.04. The molecule has 174 valence electrons. The van der Waals surface area contributed by atoms with Gasteiger partial charge in [-0.15, -0.1) is 11.8 Å². The van der Waals surface area contributed by atoms with Gasteiger partial charge < -0.3 is 10.6 Å². The number of hydrogen-bond acceptors (Lipinski definition) is 5. The Morgan fingerprint density at radius 1 is 1.21 bits per heavy atom. The highest BCUT2D eigenvalue weighted by Crippen LogP contribution is 2.26. The van der Waals surface area contributed by atoms with E-state index in [0.717, 1.165) is 17.3 Å². The number of aromatic nitrogens is 2. The van der Waals surface area contributed by atoms with Crippen LogP contribution in [0.25, 0.3) is 0 Å². The van der Waals surface area contributed by atoms with E-state index in [1.165, 1.54) is 27.7 Å². The van der Waals surface area contributed by atoms with E-state index in [4.69, 9.17) is 17.3 Å². The van der Waals surface area contributed by atoms with Gasteiger partial charge in [0.05, 0.1) is 17.3 Å². The highest BCUT2D eigenvalue weighted by molar-refractivity contribution is 8.00. The molecule has 0 aliphatic carbocycles. The largest absolute Gasteiger partial charge is 0.383 e. The first-order chi connectivity index (χ1) is 15.7. The minimum atomic E-state index is -0.731. The lowest BCUT2D eigenvalue weighted by Gasteiger charge is -2.26. The summed E-state index contributed by atoms with van der Waals surface area (Å²) in [5, 5.41) is -0.0415. The number of aromatic amines is 1. The number of carbonyl (C=O) groups excluding carboxylic acids is 1. The Balaban J connectivity index is 1.94. The van der Waals surface area contributed by atoms with Crippen LogP contribution in [0, 0.1) is 11.7 Å². The lowest BCUT2D eigenvalue weighted by Crippen LogP contribution is -2.43. The Morgan fingerprint density at radius 3 is 2.55 bits per heavy atom. The molecule has 0 unspecified atom stereocenters. The van der Waals surface area contributed by atoms with E-state index in [1.54, 1.807) is 0 Å². The maximum absolute atomic E-state index is 13.4. The van der Waals surface area contributed by atoms with Crippen LogP contribution in [0.1, 0.15) is 19.4 Å². The van der Waals surface area contributed by atoms with Crippen LogP contribution < -0.4 is 21.9 Å². The summed E-state index contributed by atoms with van der Waals surface area (Å²) < 4.78 is 14.6. The molecule has 0 saturated carbocycles. The Hall–Kier alpha value is -3.04. The fraction of sp³-hybridized carbons (Fsp3) is 0.261. The number of halogens is 2. The van der Waals surface area contributed by atoms with Crippen molar-refractivity contribution in [1.29, 1.82) is 0 Å². The Labute approximate surface area is 199 Å². The van der Waals surface area contributed by atoms with Crippen LogP contribution in [0.15, 0.2) is 63.0 Å².